The molecule has 1 aromatic heterocycles. The molecule has 3 heteroatoms. The van der Waals surface area contributed by atoms with Gasteiger partial charge in [-0.1, -0.05) is 6.08 Å². The minimum absolute atomic E-state index is 0.137. The lowest BCUT2D eigenvalue weighted by molar-refractivity contribution is 0.102. The normalized spacial score (nSPS) is 15.9. The minimum atomic E-state index is 0.137. The number of ketones is 1. The standard InChI is InChI=1S/C10H12N2O/c1-12-9(6-7-11-12)10(13)8-4-2-3-5-8/h4,6-7H,2-3,5H2,1H3. The predicted molar refractivity (Wildman–Crippen MR) is 49.5 cm³/mol. The first-order valence-corrected chi connectivity index (χ1v) is 4.51. The van der Waals surface area contributed by atoms with Crippen molar-refractivity contribution in [1.82, 2.24) is 9.78 Å². The number of allylic oxidation sites excluding steroid dienone is 2. The molecule has 0 saturated carbocycles. The zero-order chi connectivity index (χ0) is 9.26. The molecule has 0 bridgehead atoms. The third-order valence-electron chi connectivity index (χ3n) is 2.39. The van der Waals surface area contributed by atoms with E-state index in [-0.39, 0.29) is 5.78 Å². The van der Waals surface area contributed by atoms with Crippen molar-refractivity contribution in [3.05, 3.63) is 29.6 Å². The fourth-order valence-corrected chi connectivity index (χ4v) is 1.64. The molecule has 1 aliphatic rings. The quantitative estimate of drug-likeness (QED) is 0.643. The summed E-state index contributed by atoms with van der Waals surface area (Å²) in [6.45, 7) is 0. The Bertz CT molecular complexity index is 363. The van der Waals surface area contributed by atoms with Crippen LogP contribution in [0.5, 0.6) is 0 Å². The van der Waals surface area contributed by atoms with Crippen molar-refractivity contribution < 1.29 is 4.79 Å². The van der Waals surface area contributed by atoms with Crippen molar-refractivity contribution in [3.8, 4) is 0 Å². The molecule has 1 aromatic rings. The Labute approximate surface area is 77.1 Å². The van der Waals surface area contributed by atoms with Crippen LogP contribution < -0.4 is 0 Å². The molecule has 1 aliphatic carbocycles. The van der Waals surface area contributed by atoms with Crippen LogP contribution >= 0.6 is 0 Å². The van der Waals surface area contributed by atoms with Gasteiger partial charge in [-0.3, -0.25) is 9.48 Å². The predicted octanol–water partition coefficient (Wildman–Crippen LogP) is 1.71. The fourth-order valence-electron chi connectivity index (χ4n) is 1.64. The molecule has 0 saturated heterocycles. The molecule has 0 fully saturated rings. The molecule has 1 heterocycles. The monoisotopic (exact) mass is 176 g/mol. The van der Waals surface area contributed by atoms with Gasteiger partial charge < -0.3 is 0 Å². The maximum absolute atomic E-state index is 11.8. The third-order valence-corrected chi connectivity index (χ3v) is 2.39. The van der Waals surface area contributed by atoms with Gasteiger partial charge in [0.05, 0.1) is 0 Å². The smallest absolute Gasteiger partial charge is 0.206 e. The van der Waals surface area contributed by atoms with Crippen LogP contribution in [0.15, 0.2) is 23.9 Å². The summed E-state index contributed by atoms with van der Waals surface area (Å²) in [6.07, 6.45) is 6.76. The highest BCUT2D eigenvalue weighted by atomic mass is 16.1. The van der Waals surface area contributed by atoms with Crippen molar-refractivity contribution in [2.75, 3.05) is 0 Å². The number of carbonyl (C=O) groups is 1. The van der Waals surface area contributed by atoms with Crippen molar-refractivity contribution in [3.63, 3.8) is 0 Å². The first-order valence-electron chi connectivity index (χ1n) is 4.51. The SMILES string of the molecule is Cn1nccc1C(=O)C1=CCCC1. The van der Waals surface area contributed by atoms with E-state index in [4.69, 9.17) is 0 Å². The van der Waals surface area contributed by atoms with Crippen molar-refractivity contribution in [2.45, 2.75) is 19.3 Å². The molecule has 0 aliphatic heterocycles. The van der Waals surface area contributed by atoms with Crippen LogP contribution in [0.25, 0.3) is 0 Å². The molecule has 0 atom stereocenters. The maximum atomic E-state index is 11.8. The van der Waals surface area contributed by atoms with Crippen LogP contribution in [-0.4, -0.2) is 15.6 Å². The van der Waals surface area contributed by atoms with Gasteiger partial charge in [0.1, 0.15) is 5.69 Å². The molecule has 0 amide bonds. The first kappa shape index (κ1) is 8.23. The van der Waals surface area contributed by atoms with E-state index in [2.05, 4.69) is 5.10 Å². The number of aromatic nitrogens is 2. The summed E-state index contributed by atoms with van der Waals surface area (Å²) < 4.78 is 1.63. The zero-order valence-corrected chi connectivity index (χ0v) is 7.66. The van der Waals surface area contributed by atoms with E-state index in [1.54, 1.807) is 24.0 Å². The molecule has 0 spiro atoms. The Kier molecular flexibility index (Phi) is 2.00. The van der Waals surface area contributed by atoms with Gasteiger partial charge in [-0.15, -0.1) is 0 Å². The van der Waals surface area contributed by atoms with Gasteiger partial charge in [-0.25, -0.2) is 0 Å². The van der Waals surface area contributed by atoms with E-state index in [1.165, 1.54) is 0 Å². The van der Waals surface area contributed by atoms with Crippen LogP contribution in [0.2, 0.25) is 0 Å². The number of nitrogens with zero attached hydrogens (tertiary/aromatic N) is 2. The largest absolute Gasteiger partial charge is 0.287 e. The summed E-state index contributed by atoms with van der Waals surface area (Å²) in [4.78, 5) is 11.8. The molecule has 13 heavy (non-hydrogen) atoms. The lowest BCUT2D eigenvalue weighted by Crippen LogP contribution is -2.08. The van der Waals surface area contributed by atoms with Gasteiger partial charge in [0, 0.05) is 13.2 Å². The Morgan fingerprint density at radius 2 is 2.46 bits per heavy atom. The highest BCUT2D eigenvalue weighted by molar-refractivity contribution is 6.07. The van der Waals surface area contributed by atoms with Crippen LogP contribution in [-0.2, 0) is 7.05 Å². The Hall–Kier alpha value is -1.38. The Balaban J connectivity index is 2.27. The lowest BCUT2D eigenvalue weighted by Gasteiger charge is -2.00. The molecule has 0 radical (unpaired) electrons. The Morgan fingerprint density at radius 1 is 1.62 bits per heavy atom. The lowest BCUT2D eigenvalue weighted by atomic mass is 10.1. The number of Topliss-reactive ketones (excluding diaryl/α,β-unsaturated/α-hetero) is 1. The fraction of sp³-hybridized carbons (Fsp3) is 0.400. The maximum Gasteiger partial charge on any atom is 0.206 e. The molecule has 3 nitrogen and oxygen atoms in total. The second-order valence-corrected chi connectivity index (χ2v) is 3.29. The molecule has 0 N–H and O–H groups in total. The zero-order valence-electron chi connectivity index (χ0n) is 7.66. The minimum Gasteiger partial charge on any atom is -0.287 e. The van der Waals surface area contributed by atoms with E-state index >= 15 is 0 Å². The van der Waals surface area contributed by atoms with E-state index in [0.717, 1.165) is 24.8 Å². The van der Waals surface area contributed by atoms with Crippen molar-refractivity contribution in [2.24, 2.45) is 7.05 Å². The number of hydrogen-bond acceptors (Lipinski definition) is 2. The van der Waals surface area contributed by atoms with Crippen molar-refractivity contribution >= 4 is 5.78 Å². The summed E-state index contributed by atoms with van der Waals surface area (Å²) in [5.41, 5.74) is 1.64. The van der Waals surface area contributed by atoms with Crippen molar-refractivity contribution in [1.29, 1.82) is 0 Å². The van der Waals surface area contributed by atoms with Crippen LogP contribution in [0, 0.1) is 0 Å². The van der Waals surface area contributed by atoms with Gasteiger partial charge in [-0.05, 0) is 30.9 Å². The molecule has 0 aromatic carbocycles. The number of rotatable bonds is 2. The van der Waals surface area contributed by atoms with E-state index < -0.39 is 0 Å². The van der Waals surface area contributed by atoms with Crippen LogP contribution in [0.1, 0.15) is 29.8 Å². The summed E-state index contributed by atoms with van der Waals surface area (Å²) in [5.74, 6) is 0.137. The topological polar surface area (TPSA) is 34.9 Å². The van der Waals surface area contributed by atoms with Gasteiger partial charge in [-0.2, -0.15) is 5.10 Å². The number of aryl methyl sites for hydroxylation is 1. The van der Waals surface area contributed by atoms with Gasteiger partial charge in [0.25, 0.3) is 0 Å². The summed E-state index contributed by atoms with van der Waals surface area (Å²) >= 11 is 0. The molecule has 0 unspecified atom stereocenters. The average molecular weight is 176 g/mol. The number of carbonyl (C=O) groups excluding carboxylic acids is 1. The van der Waals surface area contributed by atoms with Gasteiger partial charge >= 0.3 is 0 Å². The molecular formula is C10H12N2O. The van der Waals surface area contributed by atoms with Crippen LogP contribution in [0.3, 0.4) is 0 Å². The average Bonchev–Trinajstić information content (AvgIpc) is 2.72. The van der Waals surface area contributed by atoms with Crippen LogP contribution in [0.4, 0.5) is 0 Å². The summed E-state index contributed by atoms with van der Waals surface area (Å²) in [7, 11) is 1.79. The molecule has 2 rings (SSSR count). The van der Waals surface area contributed by atoms with E-state index in [1.807, 2.05) is 6.08 Å². The summed E-state index contributed by atoms with van der Waals surface area (Å²) in [6, 6.07) is 1.77. The summed E-state index contributed by atoms with van der Waals surface area (Å²) in [5, 5.41) is 3.98. The van der Waals surface area contributed by atoms with Gasteiger partial charge in [0.2, 0.25) is 5.78 Å². The highest BCUT2D eigenvalue weighted by Gasteiger charge is 2.17. The van der Waals surface area contributed by atoms with Gasteiger partial charge in [0.15, 0.2) is 0 Å². The number of hydrogen-bond donors (Lipinski definition) is 0. The third kappa shape index (κ3) is 1.41. The molecule has 68 valence electrons. The van der Waals surface area contributed by atoms with E-state index in [0.29, 0.717) is 5.69 Å². The first-order chi connectivity index (χ1) is 6.29. The van der Waals surface area contributed by atoms with E-state index in [9.17, 15) is 4.79 Å². The Morgan fingerprint density at radius 3 is 3.00 bits per heavy atom. The second kappa shape index (κ2) is 3.17. The molecular weight excluding hydrogens is 164 g/mol. The second-order valence-electron chi connectivity index (χ2n) is 3.29. The highest BCUT2D eigenvalue weighted by Crippen LogP contribution is 2.21.